The van der Waals surface area contributed by atoms with E-state index >= 15 is 0 Å². The fraction of sp³-hybridized carbons (Fsp3) is 0.650. The molecule has 1 aromatic rings. The van der Waals surface area contributed by atoms with Gasteiger partial charge in [0.05, 0.1) is 13.7 Å². The van der Waals surface area contributed by atoms with Crippen LogP contribution in [0.5, 0.6) is 11.5 Å². The summed E-state index contributed by atoms with van der Waals surface area (Å²) in [5, 5.41) is 3.47. The van der Waals surface area contributed by atoms with Gasteiger partial charge >= 0.3 is 0 Å². The summed E-state index contributed by atoms with van der Waals surface area (Å²) in [6.07, 6.45) is 3.97. The van der Waals surface area contributed by atoms with Gasteiger partial charge in [-0.3, -0.25) is 9.89 Å². The van der Waals surface area contributed by atoms with Gasteiger partial charge in [-0.25, -0.2) is 0 Å². The van der Waals surface area contributed by atoms with Crippen LogP contribution in [-0.4, -0.2) is 74.8 Å². The largest absolute Gasteiger partial charge is 0.497 e. The van der Waals surface area contributed by atoms with Crippen molar-refractivity contribution in [1.82, 2.24) is 15.1 Å². The second-order valence-electron chi connectivity index (χ2n) is 7.17. The molecule has 6 heteroatoms. The highest BCUT2D eigenvalue weighted by Crippen LogP contribution is 2.21. The minimum absolute atomic E-state index is 0.0378. The van der Waals surface area contributed by atoms with Crippen LogP contribution >= 0.6 is 0 Å². The lowest BCUT2D eigenvalue weighted by atomic mass is 10.2. The lowest BCUT2D eigenvalue weighted by Gasteiger charge is -2.26. The number of guanidine groups is 1. The number of nitrogens with zero attached hydrogens (tertiary/aromatic N) is 3. The van der Waals surface area contributed by atoms with E-state index in [1.54, 1.807) is 7.11 Å². The highest BCUT2D eigenvalue weighted by atomic mass is 16.5. The third kappa shape index (κ3) is 4.81. The van der Waals surface area contributed by atoms with Crippen LogP contribution in [0.3, 0.4) is 0 Å². The van der Waals surface area contributed by atoms with Crippen molar-refractivity contribution in [3.63, 3.8) is 0 Å². The van der Waals surface area contributed by atoms with Crippen LogP contribution in [0.15, 0.2) is 29.3 Å². The Balaban J connectivity index is 1.46. The predicted molar refractivity (Wildman–Crippen MR) is 105 cm³/mol. The van der Waals surface area contributed by atoms with Crippen LogP contribution in [0.25, 0.3) is 0 Å². The number of aliphatic imine (C=N–C) groups is 1. The minimum Gasteiger partial charge on any atom is -0.497 e. The topological polar surface area (TPSA) is 49.3 Å². The number of ether oxygens (including phenoxy) is 2. The Morgan fingerprint density at radius 2 is 2.04 bits per heavy atom. The first kappa shape index (κ1) is 18.8. The number of methoxy groups -OCH3 is 1. The van der Waals surface area contributed by atoms with Gasteiger partial charge in [0, 0.05) is 32.2 Å². The highest BCUT2D eigenvalue weighted by Gasteiger charge is 2.30. The number of nitrogens with one attached hydrogen (secondary N) is 1. The second kappa shape index (κ2) is 9.12. The highest BCUT2D eigenvalue weighted by molar-refractivity contribution is 5.80. The quantitative estimate of drug-likeness (QED) is 0.623. The molecule has 144 valence electrons. The van der Waals surface area contributed by atoms with E-state index < -0.39 is 0 Å². The molecule has 1 aromatic carbocycles. The van der Waals surface area contributed by atoms with Crippen molar-refractivity contribution >= 4 is 5.96 Å². The predicted octanol–water partition coefficient (Wildman–Crippen LogP) is 2.21. The zero-order chi connectivity index (χ0) is 18.4. The summed E-state index contributed by atoms with van der Waals surface area (Å²) in [7, 11) is 3.53. The minimum atomic E-state index is 0.0378. The molecule has 0 radical (unpaired) electrons. The molecule has 26 heavy (non-hydrogen) atoms. The van der Waals surface area contributed by atoms with E-state index in [1.807, 2.05) is 31.3 Å². The second-order valence-corrected chi connectivity index (χ2v) is 7.17. The Bertz CT molecular complexity index is 601. The summed E-state index contributed by atoms with van der Waals surface area (Å²) in [4.78, 5) is 9.49. The van der Waals surface area contributed by atoms with Crippen molar-refractivity contribution in [2.24, 2.45) is 4.99 Å². The Labute approximate surface area is 157 Å². The molecule has 6 nitrogen and oxygen atoms in total. The van der Waals surface area contributed by atoms with E-state index in [9.17, 15) is 0 Å². The third-order valence-electron chi connectivity index (χ3n) is 5.26. The molecular formula is C20H32N4O2. The monoisotopic (exact) mass is 360 g/mol. The number of rotatable bonds is 6. The average Bonchev–Trinajstić information content (AvgIpc) is 3.34. The van der Waals surface area contributed by atoms with Crippen molar-refractivity contribution in [1.29, 1.82) is 0 Å². The van der Waals surface area contributed by atoms with E-state index in [0.29, 0.717) is 6.04 Å². The molecule has 1 N–H and O–H groups in total. The summed E-state index contributed by atoms with van der Waals surface area (Å²) >= 11 is 0. The van der Waals surface area contributed by atoms with Gasteiger partial charge in [-0.1, -0.05) is 6.07 Å². The number of hydrogen-bond donors (Lipinski definition) is 1. The SMILES string of the molecule is CN=C(NCC(C)Oc1cccc(OC)c1)N1CCC(N2CCCC2)C1. The van der Waals surface area contributed by atoms with Gasteiger partial charge in [0.2, 0.25) is 0 Å². The Morgan fingerprint density at radius 1 is 1.27 bits per heavy atom. The van der Waals surface area contributed by atoms with Crippen LogP contribution in [0.1, 0.15) is 26.2 Å². The summed E-state index contributed by atoms with van der Waals surface area (Å²) in [6.45, 7) is 7.45. The van der Waals surface area contributed by atoms with E-state index in [2.05, 4.69) is 27.0 Å². The van der Waals surface area contributed by atoms with E-state index in [4.69, 9.17) is 9.47 Å². The van der Waals surface area contributed by atoms with Crippen LogP contribution in [-0.2, 0) is 0 Å². The molecule has 0 bridgehead atoms. The summed E-state index contributed by atoms with van der Waals surface area (Å²) in [6, 6.07) is 8.40. The van der Waals surface area contributed by atoms with E-state index in [0.717, 1.165) is 37.1 Å². The van der Waals surface area contributed by atoms with Crippen LogP contribution in [0.2, 0.25) is 0 Å². The molecule has 2 fully saturated rings. The Hall–Kier alpha value is -1.95. The molecule has 0 aromatic heterocycles. The summed E-state index contributed by atoms with van der Waals surface area (Å²) in [5.41, 5.74) is 0. The smallest absolute Gasteiger partial charge is 0.193 e. The maximum atomic E-state index is 5.99. The van der Waals surface area contributed by atoms with Crippen molar-refractivity contribution < 1.29 is 9.47 Å². The van der Waals surface area contributed by atoms with Gasteiger partial charge in [-0.05, 0) is 51.4 Å². The first-order valence-electron chi connectivity index (χ1n) is 9.70. The van der Waals surface area contributed by atoms with E-state index in [1.165, 1.54) is 32.4 Å². The molecule has 2 unspecified atom stereocenters. The van der Waals surface area contributed by atoms with Crippen LogP contribution in [0, 0.1) is 0 Å². The molecule has 3 rings (SSSR count). The number of benzene rings is 1. The van der Waals surface area contributed by atoms with Crippen molar-refractivity contribution in [2.75, 3.05) is 46.9 Å². The van der Waals surface area contributed by atoms with Gasteiger partial charge in [0.25, 0.3) is 0 Å². The van der Waals surface area contributed by atoms with Gasteiger partial charge in [-0.2, -0.15) is 0 Å². The third-order valence-corrected chi connectivity index (χ3v) is 5.26. The summed E-state index contributed by atoms with van der Waals surface area (Å²) in [5.74, 6) is 2.61. The Morgan fingerprint density at radius 3 is 2.77 bits per heavy atom. The normalized spacial score (nSPS) is 22.5. The van der Waals surface area contributed by atoms with Crippen LogP contribution < -0.4 is 14.8 Å². The van der Waals surface area contributed by atoms with Crippen molar-refractivity contribution in [3.8, 4) is 11.5 Å². The van der Waals surface area contributed by atoms with Gasteiger partial charge in [0.1, 0.15) is 17.6 Å². The Kier molecular flexibility index (Phi) is 6.61. The number of likely N-dealkylation sites (tertiary alicyclic amines) is 2. The van der Waals surface area contributed by atoms with Gasteiger partial charge < -0.3 is 19.7 Å². The molecule has 2 saturated heterocycles. The van der Waals surface area contributed by atoms with Gasteiger partial charge in [-0.15, -0.1) is 0 Å². The number of hydrogen-bond acceptors (Lipinski definition) is 4. The molecule has 2 aliphatic heterocycles. The fourth-order valence-electron chi connectivity index (χ4n) is 3.85. The zero-order valence-corrected chi connectivity index (χ0v) is 16.3. The average molecular weight is 361 g/mol. The molecule has 0 aliphatic carbocycles. The zero-order valence-electron chi connectivity index (χ0n) is 16.3. The van der Waals surface area contributed by atoms with Crippen molar-refractivity contribution in [2.45, 2.75) is 38.3 Å². The first-order chi connectivity index (χ1) is 12.7. The lowest BCUT2D eigenvalue weighted by molar-refractivity contribution is 0.220. The lowest BCUT2D eigenvalue weighted by Crippen LogP contribution is -2.45. The van der Waals surface area contributed by atoms with Gasteiger partial charge in [0.15, 0.2) is 5.96 Å². The maximum Gasteiger partial charge on any atom is 0.193 e. The fourth-order valence-corrected chi connectivity index (χ4v) is 3.85. The molecule has 0 amide bonds. The first-order valence-corrected chi connectivity index (χ1v) is 9.70. The van der Waals surface area contributed by atoms with Crippen molar-refractivity contribution in [3.05, 3.63) is 24.3 Å². The standard InChI is InChI=1S/C20H32N4O2/c1-16(26-19-8-6-7-18(13-19)25-3)14-22-20(21-2)24-12-9-17(15-24)23-10-4-5-11-23/h6-8,13,16-17H,4-5,9-12,14-15H2,1-3H3,(H,21,22). The molecule has 2 atom stereocenters. The molecule has 0 saturated carbocycles. The summed E-state index contributed by atoms with van der Waals surface area (Å²) < 4.78 is 11.2. The van der Waals surface area contributed by atoms with E-state index in [-0.39, 0.29) is 6.10 Å². The molecule has 2 heterocycles. The van der Waals surface area contributed by atoms with Crippen LogP contribution in [0.4, 0.5) is 0 Å². The maximum absolute atomic E-state index is 5.99. The molecule has 0 spiro atoms. The molecule has 2 aliphatic rings. The molecular weight excluding hydrogens is 328 g/mol.